The Morgan fingerprint density at radius 2 is 2.00 bits per heavy atom. The zero-order valence-corrected chi connectivity index (χ0v) is 11.6. The predicted octanol–water partition coefficient (Wildman–Crippen LogP) is -0.554. The number of nitrogens with one attached hydrogen (secondary N) is 1. The van der Waals surface area contributed by atoms with Crippen LogP contribution in [0.4, 0.5) is 0 Å². The molecule has 0 aromatic heterocycles. The van der Waals surface area contributed by atoms with Gasteiger partial charge in [-0.3, -0.25) is 14.5 Å². The van der Waals surface area contributed by atoms with Crippen LogP contribution in [-0.4, -0.2) is 73.6 Å². The van der Waals surface area contributed by atoms with Gasteiger partial charge in [-0.15, -0.1) is 0 Å². The van der Waals surface area contributed by atoms with Crippen LogP contribution in [0.25, 0.3) is 0 Å². The molecule has 2 aliphatic rings. The zero-order valence-electron chi connectivity index (χ0n) is 11.6. The third kappa shape index (κ3) is 4.80. The van der Waals surface area contributed by atoms with Gasteiger partial charge in [-0.1, -0.05) is 0 Å². The molecule has 0 bridgehead atoms. The number of amides is 2. The van der Waals surface area contributed by atoms with Crippen LogP contribution in [0.15, 0.2) is 0 Å². The highest BCUT2D eigenvalue weighted by Crippen LogP contribution is 2.26. The summed E-state index contributed by atoms with van der Waals surface area (Å²) >= 11 is 0. The van der Waals surface area contributed by atoms with E-state index in [2.05, 4.69) is 10.2 Å². The van der Waals surface area contributed by atoms with E-state index in [1.807, 2.05) is 0 Å². The van der Waals surface area contributed by atoms with Crippen molar-refractivity contribution in [3.8, 4) is 0 Å². The lowest BCUT2D eigenvalue weighted by molar-refractivity contribution is -0.134. The molecule has 1 saturated carbocycles. The van der Waals surface area contributed by atoms with Gasteiger partial charge in [-0.05, 0) is 12.8 Å². The van der Waals surface area contributed by atoms with E-state index in [0.29, 0.717) is 12.6 Å². The molecular formula is C13H23N3O3. The minimum absolute atomic E-state index is 0.00849. The molecule has 2 rings (SSSR count). The SMILES string of the molecule is CC(=O)N(CC(=O)NCCN1CCOCC1)C1CC1. The summed E-state index contributed by atoms with van der Waals surface area (Å²) in [6.45, 7) is 6.60. The topological polar surface area (TPSA) is 61.9 Å². The molecule has 0 aromatic carbocycles. The number of carbonyl (C=O) groups is 2. The number of rotatable bonds is 6. The van der Waals surface area contributed by atoms with Gasteiger partial charge in [0.2, 0.25) is 11.8 Å². The van der Waals surface area contributed by atoms with Crippen LogP contribution in [0, 0.1) is 0 Å². The Balaban J connectivity index is 1.62. The van der Waals surface area contributed by atoms with Crippen LogP contribution in [0.2, 0.25) is 0 Å². The van der Waals surface area contributed by atoms with E-state index in [0.717, 1.165) is 45.7 Å². The standard InChI is InChI=1S/C13H23N3O3/c1-11(17)16(12-2-3-12)10-13(18)14-4-5-15-6-8-19-9-7-15/h12H,2-10H2,1H3,(H,14,18). The summed E-state index contributed by atoms with van der Waals surface area (Å²) in [4.78, 5) is 27.1. The molecule has 1 heterocycles. The lowest BCUT2D eigenvalue weighted by Gasteiger charge is -2.26. The van der Waals surface area contributed by atoms with Gasteiger partial charge < -0.3 is 15.0 Å². The second-order valence-corrected chi connectivity index (χ2v) is 5.18. The molecule has 108 valence electrons. The summed E-state index contributed by atoms with van der Waals surface area (Å²) in [5.74, 6) is -0.0683. The van der Waals surface area contributed by atoms with E-state index >= 15 is 0 Å². The molecule has 6 nitrogen and oxygen atoms in total. The van der Waals surface area contributed by atoms with Crippen LogP contribution in [0.3, 0.4) is 0 Å². The molecule has 0 unspecified atom stereocenters. The Morgan fingerprint density at radius 3 is 2.58 bits per heavy atom. The molecule has 1 aliphatic carbocycles. The minimum Gasteiger partial charge on any atom is -0.379 e. The zero-order chi connectivity index (χ0) is 13.7. The molecular weight excluding hydrogens is 246 g/mol. The predicted molar refractivity (Wildman–Crippen MR) is 70.7 cm³/mol. The van der Waals surface area contributed by atoms with Crippen LogP contribution in [0.1, 0.15) is 19.8 Å². The third-order valence-corrected chi connectivity index (χ3v) is 3.56. The van der Waals surface area contributed by atoms with Gasteiger partial charge in [0.15, 0.2) is 0 Å². The van der Waals surface area contributed by atoms with Crippen LogP contribution >= 0.6 is 0 Å². The first-order valence-electron chi connectivity index (χ1n) is 7.01. The minimum atomic E-state index is -0.0599. The molecule has 2 fully saturated rings. The number of nitrogens with zero attached hydrogens (tertiary/aromatic N) is 2. The number of carbonyl (C=O) groups excluding carboxylic acids is 2. The van der Waals surface area contributed by atoms with Crippen LogP contribution < -0.4 is 5.32 Å². The van der Waals surface area contributed by atoms with Crippen molar-refractivity contribution >= 4 is 11.8 Å². The average Bonchev–Trinajstić information content (AvgIpc) is 3.21. The molecule has 2 amide bonds. The first kappa shape index (κ1) is 14.3. The largest absolute Gasteiger partial charge is 0.379 e. The van der Waals surface area contributed by atoms with Crippen molar-refractivity contribution in [2.45, 2.75) is 25.8 Å². The van der Waals surface area contributed by atoms with Gasteiger partial charge in [0.05, 0.1) is 19.8 Å². The number of hydrogen-bond acceptors (Lipinski definition) is 4. The maximum atomic E-state index is 11.8. The normalized spacial score (nSPS) is 20.1. The summed E-state index contributed by atoms with van der Waals surface area (Å²) < 4.78 is 5.27. The van der Waals surface area contributed by atoms with Crippen molar-refractivity contribution < 1.29 is 14.3 Å². The Morgan fingerprint density at radius 1 is 1.32 bits per heavy atom. The number of morpholine rings is 1. The lowest BCUT2D eigenvalue weighted by Crippen LogP contribution is -2.44. The van der Waals surface area contributed by atoms with E-state index in [-0.39, 0.29) is 18.4 Å². The fraction of sp³-hybridized carbons (Fsp3) is 0.846. The van der Waals surface area contributed by atoms with Crippen molar-refractivity contribution in [3.05, 3.63) is 0 Å². The summed E-state index contributed by atoms with van der Waals surface area (Å²) in [7, 11) is 0. The van der Waals surface area contributed by atoms with Gasteiger partial charge in [0.1, 0.15) is 0 Å². The van der Waals surface area contributed by atoms with Crippen LogP contribution in [-0.2, 0) is 14.3 Å². The smallest absolute Gasteiger partial charge is 0.239 e. The quantitative estimate of drug-likeness (QED) is 0.702. The Hall–Kier alpha value is -1.14. The van der Waals surface area contributed by atoms with E-state index in [1.165, 1.54) is 6.92 Å². The van der Waals surface area contributed by atoms with E-state index in [1.54, 1.807) is 4.90 Å². The molecule has 1 saturated heterocycles. The first-order chi connectivity index (χ1) is 9.16. The van der Waals surface area contributed by atoms with E-state index in [4.69, 9.17) is 4.74 Å². The maximum absolute atomic E-state index is 11.8. The monoisotopic (exact) mass is 269 g/mol. The average molecular weight is 269 g/mol. The first-order valence-corrected chi connectivity index (χ1v) is 7.01. The van der Waals surface area contributed by atoms with Gasteiger partial charge in [-0.2, -0.15) is 0 Å². The highest BCUT2D eigenvalue weighted by molar-refractivity contribution is 5.84. The van der Waals surface area contributed by atoms with Crippen molar-refractivity contribution in [1.82, 2.24) is 15.1 Å². The van der Waals surface area contributed by atoms with Crippen molar-refractivity contribution in [3.63, 3.8) is 0 Å². The molecule has 0 radical (unpaired) electrons. The molecule has 0 atom stereocenters. The lowest BCUT2D eigenvalue weighted by atomic mass is 10.4. The van der Waals surface area contributed by atoms with Crippen molar-refractivity contribution in [1.29, 1.82) is 0 Å². The van der Waals surface area contributed by atoms with Gasteiger partial charge in [0, 0.05) is 39.1 Å². The molecule has 1 aliphatic heterocycles. The number of ether oxygens (including phenoxy) is 1. The molecule has 0 aromatic rings. The maximum Gasteiger partial charge on any atom is 0.239 e. The van der Waals surface area contributed by atoms with Gasteiger partial charge in [0.25, 0.3) is 0 Å². The number of hydrogen-bond donors (Lipinski definition) is 1. The fourth-order valence-corrected chi connectivity index (χ4v) is 2.27. The second-order valence-electron chi connectivity index (χ2n) is 5.18. The summed E-state index contributed by atoms with van der Waals surface area (Å²) in [5, 5.41) is 2.88. The van der Waals surface area contributed by atoms with Crippen LogP contribution in [0.5, 0.6) is 0 Å². The summed E-state index contributed by atoms with van der Waals surface area (Å²) in [6.07, 6.45) is 2.06. The van der Waals surface area contributed by atoms with E-state index < -0.39 is 0 Å². The highest BCUT2D eigenvalue weighted by atomic mass is 16.5. The van der Waals surface area contributed by atoms with Crippen molar-refractivity contribution in [2.24, 2.45) is 0 Å². The Labute approximate surface area is 114 Å². The van der Waals surface area contributed by atoms with Gasteiger partial charge >= 0.3 is 0 Å². The summed E-state index contributed by atoms with van der Waals surface area (Å²) in [6, 6.07) is 0.294. The Bertz CT molecular complexity index is 325. The highest BCUT2D eigenvalue weighted by Gasteiger charge is 2.31. The third-order valence-electron chi connectivity index (χ3n) is 3.56. The molecule has 1 N–H and O–H groups in total. The fourth-order valence-electron chi connectivity index (χ4n) is 2.27. The second kappa shape index (κ2) is 6.86. The summed E-state index contributed by atoms with van der Waals surface area (Å²) in [5.41, 5.74) is 0. The Kier molecular flexibility index (Phi) is 5.15. The molecule has 6 heteroatoms. The molecule has 19 heavy (non-hydrogen) atoms. The molecule has 0 spiro atoms. The van der Waals surface area contributed by atoms with E-state index in [9.17, 15) is 9.59 Å². The van der Waals surface area contributed by atoms with Crippen molar-refractivity contribution in [2.75, 3.05) is 45.9 Å². The van der Waals surface area contributed by atoms with Gasteiger partial charge in [-0.25, -0.2) is 0 Å².